The molecule has 1 aliphatic rings. The summed E-state index contributed by atoms with van der Waals surface area (Å²) < 4.78 is 18.4. The Kier molecular flexibility index (Phi) is 7.02. The standard InChI is InChI=1S/C19H33N3O5/c1-18(2,21(5)14-7-10-25-11-8-14)17(24)20-16-13-15(22(6)27-16)19(3,4)26-12-9-23/h13-14,23H,7-12H2,1-6H3/p+1. The van der Waals surface area contributed by atoms with E-state index in [0.717, 1.165) is 31.7 Å². The van der Waals surface area contributed by atoms with E-state index in [2.05, 4.69) is 10.2 Å². The van der Waals surface area contributed by atoms with Crippen LogP contribution in [0.2, 0.25) is 0 Å². The fraction of sp³-hybridized carbons (Fsp3) is 0.789. The molecule has 27 heavy (non-hydrogen) atoms. The summed E-state index contributed by atoms with van der Waals surface area (Å²) in [4.78, 5) is 15.1. The van der Waals surface area contributed by atoms with Gasteiger partial charge in [0, 0.05) is 19.3 Å². The van der Waals surface area contributed by atoms with Crippen molar-refractivity contribution in [3.8, 4) is 0 Å². The van der Waals surface area contributed by atoms with Crippen LogP contribution in [0.1, 0.15) is 46.2 Å². The highest BCUT2D eigenvalue weighted by Crippen LogP contribution is 2.27. The Morgan fingerprint density at radius 3 is 2.59 bits per heavy atom. The Hall–Kier alpha value is -1.48. The molecule has 0 spiro atoms. The number of aliphatic hydroxyl groups excluding tert-OH is 1. The van der Waals surface area contributed by atoms with Crippen molar-refractivity contribution < 1.29 is 28.6 Å². The minimum absolute atomic E-state index is 0.0542. The molecule has 0 aliphatic carbocycles. The van der Waals surface area contributed by atoms with Gasteiger partial charge in [0.05, 0.1) is 24.8 Å². The van der Waals surface area contributed by atoms with Crippen molar-refractivity contribution in [1.29, 1.82) is 0 Å². The van der Waals surface area contributed by atoms with E-state index < -0.39 is 11.1 Å². The fourth-order valence-corrected chi connectivity index (χ4v) is 3.38. The van der Waals surface area contributed by atoms with Crippen molar-refractivity contribution >= 4 is 11.8 Å². The molecule has 8 heteroatoms. The summed E-state index contributed by atoms with van der Waals surface area (Å²) in [5, 5.41) is 11.9. The van der Waals surface area contributed by atoms with E-state index in [9.17, 15) is 4.79 Å². The van der Waals surface area contributed by atoms with Crippen LogP contribution in [0.15, 0.2) is 10.6 Å². The van der Waals surface area contributed by atoms with Gasteiger partial charge in [-0.05, 0) is 52.3 Å². The maximum absolute atomic E-state index is 12.9. The molecule has 2 rings (SSSR count). The Balaban J connectivity index is 2.09. The van der Waals surface area contributed by atoms with E-state index in [1.165, 1.54) is 0 Å². The van der Waals surface area contributed by atoms with Gasteiger partial charge in [-0.15, -0.1) is 0 Å². The first-order valence-corrected chi connectivity index (χ1v) is 9.47. The van der Waals surface area contributed by atoms with E-state index in [1.807, 2.05) is 34.7 Å². The molecule has 1 saturated heterocycles. The highest BCUT2D eigenvalue weighted by molar-refractivity contribution is 5.96. The number of amides is 1. The molecule has 1 aliphatic heterocycles. The second-order valence-corrected chi connectivity index (χ2v) is 8.03. The fourth-order valence-electron chi connectivity index (χ4n) is 3.38. The topological polar surface area (TPSA) is 88.0 Å². The van der Waals surface area contributed by atoms with Crippen LogP contribution in [0, 0.1) is 0 Å². The monoisotopic (exact) mass is 384 g/mol. The first-order chi connectivity index (χ1) is 12.6. The smallest absolute Gasteiger partial charge is 0.282 e. The lowest BCUT2D eigenvalue weighted by Crippen LogP contribution is -2.55. The van der Waals surface area contributed by atoms with Crippen LogP contribution in [0.5, 0.6) is 0 Å². The number of nitrogens with one attached hydrogen (secondary N) is 1. The first kappa shape index (κ1) is 21.8. The molecule has 0 aromatic carbocycles. The second kappa shape index (κ2) is 8.68. The molecule has 1 aromatic heterocycles. The van der Waals surface area contributed by atoms with Gasteiger partial charge in [-0.1, -0.05) is 0 Å². The summed E-state index contributed by atoms with van der Waals surface area (Å²) in [6, 6.07) is 2.08. The van der Waals surface area contributed by atoms with Crippen molar-refractivity contribution in [3.63, 3.8) is 0 Å². The number of hydrogen-bond acceptors (Lipinski definition) is 6. The van der Waals surface area contributed by atoms with Crippen LogP contribution >= 0.6 is 0 Å². The van der Waals surface area contributed by atoms with E-state index in [4.69, 9.17) is 19.1 Å². The van der Waals surface area contributed by atoms with Gasteiger partial charge >= 0.3 is 0 Å². The van der Waals surface area contributed by atoms with Crippen LogP contribution in [0.4, 0.5) is 5.88 Å². The molecule has 0 radical (unpaired) electrons. The summed E-state index contributed by atoms with van der Waals surface area (Å²) in [6.45, 7) is 9.24. The zero-order valence-electron chi connectivity index (χ0n) is 17.4. The van der Waals surface area contributed by atoms with E-state index in [0.29, 0.717) is 11.9 Å². The second-order valence-electron chi connectivity index (χ2n) is 8.03. The molecule has 1 fully saturated rings. The lowest BCUT2D eigenvalue weighted by atomic mass is 9.96. The number of aryl methyl sites for hydroxylation is 1. The van der Waals surface area contributed by atoms with Gasteiger partial charge in [-0.25, -0.2) is 4.52 Å². The number of ether oxygens (including phenoxy) is 2. The molecule has 154 valence electrons. The summed E-state index contributed by atoms with van der Waals surface area (Å²) in [7, 11) is 3.74. The zero-order chi connectivity index (χ0) is 20.2. The third-order valence-electron chi connectivity index (χ3n) is 5.43. The number of carbonyl (C=O) groups excluding carboxylic acids is 1. The molecular formula is C19H34N3O5+. The summed E-state index contributed by atoms with van der Waals surface area (Å²) >= 11 is 0. The van der Waals surface area contributed by atoms with Gasteiger partial charge in [-0.2, -0.15) is 0 Å². The van der Waals surface area contributed by atoms with Gasteiger partial charge in [0.2, 0.25) is 5.91 Å². The highest BCUT2D eigenvalue weighted by atomic mass is 16.5. The number of likely N-dealkylation sites (N-methyl/N-ethyl adjacent to an activating group) is 1. The molecular weight excluding hydrogens is 350 g/mol. The molecule has 2 N–H and O–H groups in total. The summed E-state index contributed by atoms with van der Waals surface area (Å²) in [5.41, 5.74) is -0.587. The predicted octanol–water partition coefficient (Wildman–Crippen LogP) is 1.18. The maximum Gasteiger partial charge on any atom is 0.282 e. The molecule has 0 bridgehead atoms. The number of aromatic nitrogens is 1. The van der Waals surface area contributed by atoms with Crippen molar-refractivity contribution in [2.75, 3.05) is 38.8 Å². The minimum Gasteiger partial charge on any atom is -0.394 e. The Labute approximate surface area is 161 Å². The van der Waals surface area contributed by atoms with Crippen molar-refractivity contribution in [2.45, 2.75) is 57.7 Å². The van der Waals surface area contributed by atoms with Gasteiger partial charge in [0.1, 0.15) is 0 Å². The average Bonchev–Trinajstić information content (AvgIpc) is 3.01. The Bertz CT molecular complexity index is 635. The van der Waals surface area contributed by atoms with Crippen molar-refractivity contribution in [1.82, 2.24) is 4.90 Å². The highest BCUT2D eigenvalue weighted by Gasteiger charge is 2.39. The summed E-state index contributed by atoms with van der Waals surface area (Å²) in [6.07, 6.45) is 1.84. The van der Waals surface area contributed by atoms with Gasteiger partial charge in [0.15, 0.2) is 12.6 Å². The molecule has 0 unspecified atom stereocenters. The van der Waals surface area contributed by atoms with E-state index >= 15 is 0 Å². The lowest BCUT2D eigenvalue weighted by molar-refractivity contribution is -0.852. The van der Waals surface area contributed by atoms with Crippen LogP contribution in [0.3, 0.4) is 0 Å². The Morgan fingerprint density at radius 2 is 2.00 bits per heavy atom. The maximum atomic E-state index is 12.9. The van der Waals surface area contributed by atoms with Crippen molar-refractivity contribution in [2.24, 2.45) is 7.05 Å². The van der Waals surface area contributed by atoms with Crippen LogP contribution in [-0.2, 0) is 26.9 Å². The van der Waals surface area contributed by atoms with Crippen LogP contribution in [-0.4, -0.2) is 61.0 Å². The summed E-state index contributed by atoms with van der Waals surface area (Å²) in [5.74, 6) is 0.234. The minimum atomic E-state index is -0.698. The number of carbonyl (C=O) groups is 1. The average molecular weight is 384 g/mol. The predicted molar refractivity (Wildman–Crippen MR) is 100 cm³/mol. The number of rotatable bonds is 8. The third kappa shape index (κ3) is 5.07. The van der Waals surface area contributed by atoms with Gasteiger partial charge in [-0.3, -0.25) is 15.0 Å². The SMILES string of the molecule is CN(C1CCOCC1)C(C)(C)C(=O)Nc1cc(C(C)(C)OCCO)[n+](C)o1. The molecule has 1 aromatic rings. The van der Waals surface area contributed by atoms with Crippen molar-refractivity contribution in [3.05, 3.63) is 11.8 Å². The number of anilines is 1. The Morgan fingerprint density at radius 1 is 1.37 bits per heavy atom. The lowest BCUT2D eigenvalue weighted by Gasteiger charge is -2.41. The van der Waals surface area contributed by atoms with Gasteiger partial charge in [0.25, 0.3) is 11.6 Å². The van der Waals surface area contributed by atoms with E-state index in [-0.39, 0.29) is 19.1 Å². The van der Waals surface area contributed by atoms with E-state index in [1.54, 1.807) is 17.9 Å². The van der Waals surface area contributed by atoms with Crippen LogP contribution < -0.4 is 10.1 Å². The quantitative estimate of drug-likeness (QED) is 0.655. The first-order valence-electron chi connectivity index (χ1n) is 9.47. The molecule has 0 atom stereocenters. The molecule has 8 nitrogen and oxygen atoms in total. The van der Waals surface area contributed by atoms with Crippen LogP contribution in [0.25, 0.3) is 0 Å². The number of hydrogen-bond donors (Lipinski definition) is 2. The number of aliphatic hydroxyl groups is 1. The number of nitrogens with zero attached hydrogens (tertiary/aromatic N) is 2. The third-order valence-corrected chi connectivity index (χ3v) is 5.43. The normalized spacial score (nSPS) is 16.7. The zero-order valence-corrected chi connectivity index (χ0v) is 17.4. The molecule has 1 amide bonds. The molecule has 0 saturated carbocycles. The molecule has 2 heterocycles. The van der Waals surface area contributed by atoms with Gasteiger partial charge < -0.3 is 14.6 Å². The largest absolute Gasteiger partial charge is 0.394 e.